The van der Waals surface area contributed by atoms with Gasteiger partial charge in [0, 0.05) is 35.2 Å². The molecule has 38 heavy (non-hydrogen) atoms. The first-order chi connectivity index (χ1) is 18.2. The SMILES string of the molecule is CC(=O)c1c(C)n(CCn2c(C)c(C(C)=O)c3oc(=O)c4ccccc4c32)c2c1oc(=O)c1ccccc12. The summed E-state index contributed by atoms with van der Waals surface area (Å²) in [5.41, 5.74) is 3.01. The van der Waals surface area contributed by atoms with Gasteiger partial charge in [0.05, 0.1) is 32.9 Å². The van der Waals surface area contributed by atoms with Crippen molar-refractivity contribution >= 4 is 55.3 Å². The molecule has 0 radical (unpaired) electrons. The fourth-order valence-corrected chi connectivity index (χ4v) is 5.77. The quantitative estimate of drug-likeness (QED) is 0.284. The van der Waals surface area contributed by atoms with Crippen molar-refractivity contribution in [3.05, 3.63) is 91.9 Å². The number of carbonyl (C=O) groups is 2. The van der Waals surface area contributed by atoms with Crippen molar-refractivity contribution in [3.8, 4) is 0 Å². The lowest BCUT2D eigenvalue weighted by Gasteiger charge is -2.13. The van der Waals surface area contributed by atoms with Gasteiger partial charge in [-0.1, -0.05) is 36.4 Å². The maximum atomic E-state index is 12.7. The Labute approximate surface area is 215 Å². The third kappa shape index (κ3) is 3.23. The van der Waals surface area contributed by atoms with Gasteiger partial charge in [-0.25, -0.2) is 9.59 Å². The Morgan fingerprint density at radius 2 is 0.974 bits per heavy atom. The Balaban J connectivity index is 1.63. The Kier molecular flexibility index (Phi) is 5.24. The van der Waals surface area contributed by atoms with Crippen molar-refractivity contribution in [1.29, 1.82) is 0 Å². The summed E-state index contributed by atoms with van der Waals surface area (Å²) in [5, 5.41) is 2.26. The summed E-state index contributed by atoms with van der Waals surface area (Å²) in [7, 11) is 0. The van der Waals surface area contributed by atoms with E-state index in [1.807, 2.05) is 47.2 Å². The molecule has 0 amide bonds. The van der Waals surface area contributed by atoms with Crippen LogP contribution in [-0.4, -0.2) is 20.7 Å². The molecule has 0 bridgehead atoms. The van der Waals surface area contributed by atoms with Crippen LogP contribution in [0.1, 0.15) is 46.0 Å². The van der Waals surface area contributed by atoms with Crippen molar-refractivity contribution in [2.75, 3.05) is 0 Å². The number of carbonyl (C=O) groups excluding carboxylic acids is 2. The topological polar surface area (TPSA) is 104 Å². The van der Waals surface area contributed by atoms with Crippen molar-refractivity contribution < 1.29 is 18.4 Å². The largest absolute Gasteiger partial charge is 0.420 e. The number of benzene rings is 2. The molecular weight excluding hydrogens is 484 g/mol. The van der Waals surface area contributed by atoms with Crippen molar-refractivity contribution in [2.45, 2.75) is 40.8 Å². The Morgan fingerprint density at radius 1 is 0.632 bits per heavy atom. The molecule has 4 heterocycles. The molecule has 0 spiro atoms. The molecule has 0 saturated heterocycles. The number of hydrogen-bond donors (Lipinski definition) is 0. The Hall–Kier alpha value is -4.72. The minimum atomic E-state index is -0.493. The summed E-state index contributed by atoms with van der Waals surface area (Å²) < 4.78 is 15.3. The first-order valence-corrected chi connectivity index (χ1v) is 12.3. The minimum absolute atomic E-state index is 0.195. The van der Waals surface area contributed by atoms with Crippen LogP contribution in [0.15, 0.2) is 67.0 Å². The van der Waals surface area contributed by atoms with Gasteiger partial charge >= 0.3 is 11.3 Å². The molecule has 8 heteroatoms. The van der Waals surface area contributed by atoms with Crippen LogP contribution in [0.25, 0.3) is 43.7 Å². The van der Waals surface area contributed by atoms with Gasteiger partial charge in [0.1, 0.15) is 0 Å². The lowest BCUT2D eigenvalue weighted by molar-refractivity contribution is 0.100. The molecule has 2 aromatic carbocycles. The molecule has 0 aliphatic carbocycles. The van der Waals surface area contributed by atoms with Gasteiger partial charge in [0.2, 0.25) is 0 Å². The van der Waals surface area contributed by atoms with Crippen LogP contribution in [0.2, 0.25) is 0 Å². The van der Waals surface area contributed by atoms with E-state index in [-0.39, 0.29) is 22.7 Å². The van der Waals surface area contributed by atoms with Gasteiger partial charge in [0.15, 0.2) is 22.7 Å². The van der Waals surface area contributed by atoms with Crippen LogP contribution in [0.3, 0.4) is 0 Å². The summed E-state index contributed by atoms with van der Waals surface area (Å²) in [6, 6.07) is 14.3. The third-order valence-electron chi connectivity index (χ3n) is 7.40. The van der Waals surface area contributed by atoms with E-state index in [0.717, 1.165) is 0 Å². The van der Waals surface area contributed by atoms with Crippen LogP contribution >= 0.6 is 0 Å². The monoisotopic (exact) mass is 508 g/mol. The molecule has 4 aromatic heterocycles. The zero-order chi connectivity index (χ0) is 26.9. The second-order valence-electron chi connectivity index (χ2n) is 9.56. The van der Waals surface area contributed by atoms with Gasteiger partial charge in [-0.3, -0.25) is 9.59 Å². The van der Waals surface area contributed by atoms with Gasteiger partial charge in [-0.05, 0) is 39.8 Å². The van der Waals surface area contributed by atoms with E-state index in [0.29, 0.717) is 68.2 Å². The number of rotatable bonds is 5. The first-order valence-electron chi connectivity index (χ1n) is 12.3. The Morgan fingerprint density at radius 3 is 1.32 bits per heavy atom. The smallest absolute Gasteiger partial charge is 0.344 e. The Bertz CT molecular complexity index is 1950. The predicted molar refractivity (Wildman–Crippen MR) is 145 cm³/mol. The standard InChI is InChI=1S/C30H24N2O6/c1-15-23(17(3)33)27-25(19-9-5-7-11-21(19)29(35)37-27)31(15)13-14-32-16(2)24(18(4)34)28-26(32)20-10-6-8-12-22(20)30(36)38-28/h5-12H,13-14H2,1-4H3. The number of hydrogen-bond acceptors (Lipinski definition) is 6. The highest BCUT2D eigenvalue weighted by atomic mass is 16.4. The molecule has 190 valence electrons. The normalized spacial score (nSPS) is 11.8. The average molecular weight is 509 g/mol. The number of aromatic nitrogens is 2. The van der Waals surface area contributed by atoms with E-state index in [4.69, 9.17) is 8.83 Å². The number of fused-ring (bicyclic) bond motifs is 6. The van der Waals surface area contributed by atoms with Crippen molar-refractivity contribution in [2.24, 2.45) is 0 Å². The van der Waals surface area contributed by atoms with Gasteiger partial charge in [-0.2, -0.15) is 0 Å². The zero-order valence-electron chi connectivity index (χ0n) is 21.4. The van der Waals surface area contributed by atoms with Gasteiger partial charge in [0.25, 0.3) is 0 Å². The average Bonchev–Trinajstić information content (AvgIpc) is 3.32. The summed E-state index contributed by atoms with van der Waals surface area (Å²) in [6.45, 7) is 7.39. The molecule has 0 saturated carbocycles. The fourth-order valence-electron chi connectivity index (χ4n) is 5.77. The second-order valence-corrected chi connectivity index (χ2v) is 9.56. The second kappa shape index (κ2) is 8.41. The molecule has 0 atom stereocenters. The van der Waals surface area contributed by atoms with Gasteiger partial charge < -0.3 is 18.0 Å². The van der Waals surface area contributed by atoms with Crippen LogP contribution in [0, 0.1) is 13.8 Å². The van der Waals surface area contributed by atoms with Crippen molar-refractivity contribution in [3.63, 3.8) is 0 Å². The van der Waals surface area contributed by atoms with Crippen molar-refractivity contribution in [1.82, 2.24) is 9.13 Å². The molecule has 0 fully saturated rings. The van der Waals surface area contributed by atoms with Gasteiger partial charge in [-0.15, -0.1) is 0 Å². The number of ketones is 2. The molecule has 0 aliphatic heterocycles. The van der Waals surface area contributed by atoms with Crippen LogP contribution in [-0.2, 0) is 13.1 Å². The lowest BCUT2D eigenvalue weighted by Crippen LogP contribution is -2.12. The molecule has 6 rings (SSSR count). The highest BCUT2D eigenvalue weighted by Gasteiger charge is 2.25. The summed E-state index contributed by atoms with van der Waals surface area (Å²) >= 11 is 0. The lowest BCUT2D eigenvalue weighted by atomic mass is 10.1. The maximum absolute atomic E-state index is 12.7. The van der Waals surface area contributed by atoms with Crippen LogP contribution in [0.4, 0.5) is 0 Å². The predicted octanol–water partition coefficient (Wildman–Crippen LogP) is 5.53. The molecule has 0 unspecified atom stereocenters. The summed E-state index contributed by atoms with van der Waals surface area (Å²) in [6.07, 6.45) is 0. The molecule has 0 aliphatic rings. The number of nitrogens with zero attached hydrogens (tertiary/aromatic N) is 2. The fraction of sp³-hybridized carbons (Fsp3) is 0.200. The van der Waals surface area contributed by atoms with E-state index in [9.17, 15) is 19.2 Å². The zero-order valence-corrected chi connectivity index (χ0v) is 21.4. The highest BCUT2D eigenvalue weighted by Crippen LogP contribution is 2.33. The number of aryl methyl sites for hydroxylation is 2. The molecule has 0 N–H and O–H groups in total. The highest BCUT2D eigenvalue weighted by molar-refractivity contribution is 6.14. The van der Waals surface area contributed by atoms with Crippen LogP contribution in [0.5, 0.6) is 0 Å². The third-order valence-corrected chi connectivity index (χ3v) is 7.40. The summed E-state index contributed by atoms with van der Waals surface area (Å²) in [4.78, 5) is 50.7. The van der Waals surface area contributed by atoms with E-state index in [1.165, 1.54) is 13.8 Å². The first kappa shape index (κ1) is 23.7. The molecule has 6 aromatic rings. The maximum Gasteiger partial charge on any atom is 0.344 e. The number of Topliss-reactive ketones (excluding diaryl/α,β-unsaturated/α-hetero) is 2. The van der Waals surface area contributed by atoms with E-state index >= 15 is 0 Å². The minimum Gasteiger partial charge on any atom is -0.420 e. The molecule has 8 nitrogen and oxygen atoms in total. The van der Waals surface area contributed by atoms with Crippen LogP contribution < -0.4 is 11.3 Å². The van der Waals surface area contributed by atoms with E-state index < -0.39 is 11.3 Å². The van der Waals surface area contributed by atoms with E-state index in [2.05, 4.69) is 0 Å². The summed E-state index contributed by atoms with van der Waals surface area (Å²) in [5.74, 6) is -0.391. The van der Waals surface area contributed by atoms with E-state index in [1.54, 1.807) is 24.3 Å². The molecular formula is C30H24N2O6.